The summed E-state index contributed by atoms with van der Waals surface area (Å²) in [4.78, 5) is 18.2. The third-order valence-corrected chi connectivity index (χ3v) is 3.27. The Balaban J connectivity index is 2.14. The van der Waals surface area contributed by atoms with Gasteiger partial charge < -0.3 is 15.4 Å². The van der Waals surface area contributed by atoms with E-state index in [4.69, 9.17) is 10.5 Å². The van der Waals surface area contributed by atoms with Gasteiger partial charge in [-0.25, -0.2) is 4.79 Å². The lowest BCUT2D eigenvalue weighted by atomic mass is 10.1. The van der Waals surface area contributed by atoms with Crippen molar-refractivity contribution < 1.29 is 9.53 Å². The molecule has 1 aromatic heterocycles. The van der Waals surface area contributed by atoms with Crippen LogP contribution >= 0.6 is 0 Å². The van der Waals surface area contributed by atoms with E-state index in [0.29, 0.717) is 18.8 Å². The molecule has 2 heterocycles. The molecule has 0 radical (unpaired) electrons. The molecule has 1 amide bonds. The maximum atomic E-state index is 12.1. The molecule has 1 aliphatic rings. The second-order valence-corrected chi connectivity index (χ2v) is 6.43. The van der Waals surface area contributed by atoms with E-state index < -0.39 is 5.60 Å². The number of carbonyl (C=O) groups is 1. The Hall–Kier alpha value is -2.04. The number of rotatable bonds is 1. The van der Waals surface area contributed by atoms with Gasteiger partial charge in [-0.05, 0) is 51.8 Å². The van der Waals surface area contributed by atoms with E-state index in [2.05, 4.69) is 4.98 Å². The topological polar surface area (TPSA) is 68.5 Å². The average molecular weight is 289 g/mol. The normalized spacial score (nSPS) is 15.1. The zero-order chi connectivity index (χ0) is 15.8. The highest BCUT2D eigenvalue weighted by atomic mass is 16.6. The van der Waals surface area contributed by atoms with Crippen LogP contribution in [-0.4, -0.2) is 34.7 Å². The van der Waals surface area contributed by atoms with Crippen LogP contribution in [0.15, 0.2) is 12.1 Å². The number of pyridine rings is 1. The van der Waals surface area contributed by atoms with Gasteiger partial charge in [-0.3, -0.25) is 4.98 Å². The van der Waals surface area contributed by atoms with Crippen molar-refractivity contribution in [1.29, 1.82) is 0 Å². The summed E-state index contributed by atoms with van der Waals surface area (Å²) in [6.07, 6.45) is 1.68. The SMILES string of the molecule is Cc1cc(C)c(N)c(C2=CCN(C(=O)OC(C)(C)C)C2)n1. The molecule has 1 aromatic rings. The highest BCUT2D eigenvalue weighted by molar-refractivity contribution is 5.81. The molecule has 0 fully saturated rings. The Labute approximate surface area is 125 Å². The van der Waals surface area contributed by atoms with Crippen LogP contribution in [-0.2, 0) is 4.74 Å². The molecule has 0 spiro atoms. The summed E-state index contributed by atoms with van der Waals surface area (Å²) in [5, 5.41) is 0. The number of nitrogens with two attached hydrogens (primary N) is 1. The third-order valence-electron chi connectivity index (χ3n) is 3.27. The second kappa shape index (κ2) is 5.39. The molecule has 21 heavy (non-hydrogen) atoms. The van der Waals surface area contributed by atoms with E-state index in [1.165, 1.54) is 0 Å². The highest BCUT2D eigenvalue weighted by Gasteiger charge is 2.27. The Morgan fingerprint density at radius 3 is 2.67 bits per heavy atom. The largest absolute Gasteiger partial charge is 0.444 e. The Bertz CT molecular complexity index is 600. The predicted molar refractivity (Wildman–Crippen MR) is 83.9 cm³/mol. The predicted octanol–water partition coefficient (Wildman–Crippen LogP) is 2.91. The minimum Gasteiger partial charge on any atom is -0.444 e. The van der Waals surface area contributed by atoms with Crippen LogP contribution in [0.3, 0.4) is 0 Å². The van der Waals surface area contributed by atoms with Gasteiger partial charge in [0.25, 0.3) is 0 Å². The van der Waals surface area contributed by atoms with Crippen LogP contribution in [0.2, 0.25) is 0 Å². The number of anilines is 1. The molecule has 0 saturated heterocycles. The molecular formula is C16H23N3O2. The summed E-state index contributed by atoms with van der Waals surface area (Å²) in [7, 11) is 0. The first-order chi connectivity index (χ1) is 9.67. The summed E-state index contributed by atoms with van der Waals surface area (Å²) in [5.41, 5.74) is 9.99. The number of nitrogens with zero attached hydrogens (tertiary/aromatic N) is 2. The molecular weight excluding hydrogens is 266 g/mol. The zero-order valence-electron chi connectivity index (χ0n) is 13.4. The molecule has 2 rings (SSSR count). The van der Waals surface area contributed by atoms with Crippen molar-refractivity contribution in [3.8, 4) is 0 Å². The lowest BCUT2D eigenvalue weighted by Gasteiger charge is -2.24. The number of aryl methyl sites for hydroxylation is 2. The number of aromatic nitrogens is 1. The molecule has 2 N–H and O–H groups in total. The van der Waals surface area contributed by atoms with Crippen molar-refractivity contribution in [3.63, 3.8) is 0 Å². The number of hydrogen-bond acceptors (Lipinski definition) is 4. The minimum absolute atomic E-state index is 0.309. The number of hydrogen-bond donors (Lipinski definition) is 1. The third kappa shape index (κ3) is 3.54. The van der Waals surface area contributed by atoms with E-state index in [-0.39, 0.29) is 6.09 Å². The average Bonchev–Trinajstić information content (AvgIpc) is 2.81. The van der Waals surface area contributed by atoms with Crippen LogP contribution in [0.25, 0.3) is 5.57 Å². The van der Waals surface area contributed by atoms with Gasteiger partial charge in [-0.1, -0.05) is 6.08 Å². The minimum atomic E-state index is -0.489. The fraction of sp³-hybridized carbons (Fsp3) is 0.500. The fourth-order valence-electron chi connectivity index (χ4n) is 2.28. The quantitative estimate of drug-likeness (QED) is 0.863. The summed E-state index contributed by atoms with van der Waals surface area (Å²) >= 11 is 0. The lowest BCUT2D eigenvalue weighted by molar-refractivity contribution is 0.0306. The van der Waals surface area contributed by atoms with Crippen LogP contribution < -0.4 is 5.73 Å². The summed E-state index contributed by atoms with van der Waals surface area (Å²) < 4.78 is 5.39. The van der Waals surface area contributed by atoms with Gasteiger partial charge in [0.2, 0.25) is 0 Å². The van der Waals surface area contributed by atoms with E-state index >= 15 is 0 Å². The molecule has 0 bridgehead atoms. The van der Waals surface area contributed by atoms with Crippen molar-refractivity contribution in [1.82, 2.24) is 9.88 Å². The molecule has 5 nitrogen and oxygen atoms in total. The Kier molecular flexibility index (Phi) is 3.94. The molecule has 114 valence electrons. The van der Waals surface area contributed by atoms with E-state index in [1.54, 1.807) is 4.90 Å². The van der Waals surface area contributed by atoms with Crippen molar-refractivity contribution in [3.05, 3.63) is 29.1 Å². The van der Waals surface area contributed by atoms with E-state index in [1.807, 2.05) is 46.8 Å². The van der Waals surface area contributed by atoms with Crippen molar-refractivity contribution in [2.24, 2.45) is 0 Å². The van der Waals surface area contributed by atoms with E-state index in [9.17, 15) is 4.79 Å². The van der Waals surface area contributed by atoms with Gasteiger partial charge in [0.15, 0.2) is 0 Å². The van der Waals surface area contributed by atoms with Gasteiger partial charge in [-0.2, -0.15) is 0 Å². The van der Waals surface area contributed by atoms with E-state index in [0.717, 1.165) is 22.5 Å². The summed E-state index contributed by atoms with van der Waals surface area (Å²) in [6, 6.07) is 1.96. The van der Waals surface area contributed by atoms with Crippen LogP contribution in [0.5, 0.6) is 0 Å². The maximum absolute atomic E-state index is 12.1. The first kappa shape index (κ1) is 15.4. The van der Waals surface area contributed by atoms with Crippen LogP contribution in [0.4, 0.5) is 10.5 Å². The molecule has 0 aliphatic carbocycles. The monoisotopic (exact) mass is 289 g/mol. The van der Waals surface area contributed by atoms with Gasteiger partial charge in [0.1, 0.15) is 5.60 Å². The first-order valence-electron chi connectivity index (χ1n) is 7.08. The molecule has 0 atom stereocenters. The highest BCUT2D eigenvalue weighted by Crippen LogP contribution is 2.27. The van der Waals surface area contributed by atoms with Gasteiger partial charge in [0.05, 0.1) is 17.9 Å². The lowest BCUT2D eigenvalue weighted by Crippen LogP contribution is -2.35. The summed E-state index contributed by atoms with van der Waals surface area (Å²) in [6.45, 7) is 10.5. The Morgan fingerprint density at radius 1 is 1.38 bits per heavy atom. The van der Waals surface area contributed by atoms with Crippen molar-refractivity contribution in [2.75, 3.05) is 18.8 Å². The van der Waals surface area contributed by atoms with Crippen LogP contribution in [0.1, 0.15) is 37.7 Å². The zero-order valence-corrected chi connectivity index (χ0v) is 13.4. The van der Waals surface area contributed by atoms with Crippen LogP contribution in [0, 0.1) is 13.8 Å². The van der Waals surface area contributed by atoms with Gasteiger partial charge in [0, 0.05) is 12.2 Å². The van der Waals surface area contributed by atoms with Crippen molar-refractivity contribution in [2.45, 2.75) is 40.2 Å². The molecule has 0 aromatic carbocycles. The standard InChI is InChI=1S/C16H23N3O2/c1-10-8-11(2)18-14(13(10)17)12-6-7-19(9-12)15(20)21-16(3,4)5/h6,8H,7,9,17H2,1-5H3. The Morgan fingerprint density at radius 2 is 2.05 bits per heavy atom. The number of carbonyl (C=O) groups excluding carboxylic acids is 1. The maximum Gasteiger partial charge on any atom is 0.410 e. The number of amides is 1. The van der Waals surface area contributed by atoms with Crippen molar-refractivity contribution >= 4 is 17.4 Å². The smallest absolute Gasteiger partial charge is 0.410 e. The molecule has 0 unspecified atom stereocenters. The second-order valence-electron chi connectivity index (χ2n) is 6.43. The van der Waals surface area contributed by atoms with Gasteiger partial charge in [-0.15, -0.1) is 0 Å². The molecule has 1 aliphatic heterocycles. The summed E-state index contributed by atoms with van der Waals surface area (Å²) in [5.74, 6) is 0. The molecule has 0 saturated carbocycles. The number of nitrogen functional groups attached to an aromatic ring is 1. The molecule has 5 heteroatoms. The van der Waals surface area contributed by atoms with Gasteiger partial charge >= 0.3 is 6.09 Å². The fourth-order valence-corrected chi connectivity index (χ4v) is 2.28. The number of ether oxygens (including phenoxy) is 1. The first-order valence-corrected chi connectivity index (χ1v) is 7.08.